The molecule has 3 N–H and O–H groups in total. The van der Waals surface area contributed by atoms with Crippen molar-refractivity contribution in [3.63, 3.8) is 0 Å². The zero-order valence-electron chi connectivity index (χ0n) is 65.8. The first kappa shape index (κ1) is 88.3. The van der Waals surface area contributed by atoms with E-state index in [1.54, 1.807) is 32.9 Å². The Hall–Kier alpha value is -7.22. The largest absolute Gasteiger partial charge is 0.397 e. The number of fused-ring (bicyclic) bond motifs is 3. The third kappa shape index (κ3) is 20.8. The van der Waals surface area contributed by atoms with E-state index in [2.05, 4.69) is 16.0 Å². The van der Waals surface area contributed by atoms with Crippen molar-refractivity contribution >= 4 is 70.9 Å². The molecular formula is C77H118F8N12O13. The fourth-order valence-electron chi connectivity index (χ4n) is 18.0. The summed E-state index contributed by atoms with van der Waals surface area (Å²) in [7, 11) is 9.66. The van der Waals surface area contributed by atoms with Crippen LogP contribution in [0.1, 0.15) is 188 Å². The van der Waals surface area contributed by atoms with Gasteiger partial charge in [-0.05, 0) is 159 Å². The van der Waals surface area contributed by atoms with E-state index in [1.165, 1.54) is 73.8 Å². The molecular weight excluding hydrogens is 1450 g/mol. The van der Waals surface area contributed by atoms with Gasteiger partial charge in [0.25, 0.3) is 0 Å². The van der Waals surface area contributed by atoms with E-state index in [0.717, 1.165) is 19.6 Å². The minimum absolute atomic E-state index is 0.00210. The number of likely N-dealkylation sites (N-methyl/N-ethyl adjacent to an activating group) is 7. The highest BCUT2D eigenvalue weighted by atomic mass is 19.4. The molecule has 33 heteroatoms. The quantitative estimate of drug-likeness (QED) is 0.118. The Morgan fingerprint density at radius 3 is 1.81 bits per heavy atom. The molecule has 2 bridgehead atoms. The normalized spacial score (nSPS) is 32.4. The molecule has 0 aromatic carbocycles. The Kier molecular flexibility index (Phi) is 30.6. The summed E-state index contributed by atoms with van der Waals surface area (Å²) in [6.07, 6.45) is -10.9. The number of ether oxygens (including phenoxy) is 1. The Morgan fingerprint density at radius 2 is 1.25 bits per heavy atom. The van der Waals surface area contributed by atoms with Gasteiger partial charge < -0.3 is 64.8 Å². The predicted octanol–water partition coefficient (Wildman–Crippen LogP) is 6.89. The molecule has 0 aromatic heterocycles. The molecule has 25 nitrogen and oxygen atoms in total. The maximum absolute atomic E-state index is 15.7. The minimum atomic E-state index is -5.22. The van der Waals surface area contributed by atoms with Gasteiger partial charge in [-0.1, -0.05) is 58.6 Å². The van der Waals surface area contributed by atoms with Crippen molar-refractivity contribution in [2.75, 3.05) is 88.7 Å². The number of carbonyl (C=O) groups is 12. The van der Waals surface area contributed by atoms with Crippen molar-refractivity contribution < 1.29 is 97.4 Å². The molecule has 1 spiro atoms. The lowest BCUT2D eigenvalue weighted by Crippen LogP contribution is -2.68. The fraction of sp³-hybridized carbons (Fsp3) is 0.818. The molecule has 8 aliphatic rings. The molecule has 0 aromatic rings. The molecule has 7 fully saturated rings. The highest BCUT2D eigenvalue weighted by Crippen LogP contribution is 2.46. The van der Waals surface area contributed by atoms with Gasteiger partial charge in [-0.3, -0.25) is 57.5 Å². The topological polar surface area (TPSA) is 279 Å². The average molecular weight is 1570 g/mol. The van der Waals surface area contributed by atoms with Crippen molar-refractivity contribution in [3.8, 4) is 0 Å². The van der Waals surface area contributed by atoms with E-state index in [-0.39, 0.29) is 96.9 Å². The van der Waals surface area contributed by atoms with E-state index in [4.69, 9.17) is 4.74 Å². The summed E-state index contributed by atoms with van der Waals surface area (Å²) in [6, 6.07) is -11.2. The number of hydrogen-bond donors (Lipinski definition) is 3. The zero-order chi connectivity index (χ0) is 81.2. The number of rotatable bonds is 14. The first-order valence-electron chi connectivity index (χ1n) is 39.8. The molecule has 5 aliphatic carbocycles. The lowest BCUT2D eigenvalue weighted by atomic mass is 9.74. The van der Waals surface area contributed by atoms with E-state index in [0.29, 0.717) is 64.2 Å². The van der Waals surface area contributed by atoms with Gasteiger partial charge in [0.2, 0.25) is 70.9 Å². The molecule has 0 radical (unpaired) electrons. The van der Waals surface area contributed by atoms with E-state index in [9.17, 15) is 45.5 Å². The maximum Gasteiger partial charge on any atom is 0.397 e. The number of halogens is 8. The Labute approximate surface area is 641 Å². The van der Waals surface area contributed by atoms with E-state index in [1.807, 2.05) is 6.92 Å². The van der Waals surface area contributed by atoms with Crippen LogP contribution >= 0.6 is 0 Å². The molecule has 3 aliphatic heterocycles. The van der Waals surface area contributed by atoms with Crippen LogP contribution in [0.5, 0.6) is 0 Å². The summed E-state index contributed by atoms with van der Waals surface area (Å²) >= 11 is 0. The maximum atomic E-state index is 15.7. The van der Waals surface area contributed by atoms with Gasteiger partial charge in [0.15, 0.2) is 0 Å². The number of nitrogens with zero attached hydrogens (tertiary/aromatic N) is 9. The molecule has 5 saturated carbocycles. The van der Waals surface area contributed by atoms with Gasteiger partial charge in [-0.15, -0.1) is 0 Å². The third-order valence-electron chi connectivity index (χ3n) is 25.2. The average Bonchev–Trinajstić information content (AvgIpc) is 1.22. The number of alkyl halides is 8. The number of hydrogen-bond acceptors (Lipinski definition) is 13. The second kappa shape index (κ2) is 38.1. The van der Waals surface area contributed by atoms with Crippen LogP contribution in [0.3, 0.4) is 0 Å². The van der Waals surface area contributed by atoms with Crippen molar-refractivity contribution in [2.45, 2.75) is 273 Å². The van der Waals surface area contributed by atoms with Crippen LogP contribution in [0.2, 0.25) is 0 Å². The fourth-order valence-corrected chi connectivity index (χ4v) is 18.0. The summed E-state index contributed by atoms with van der Waals surface area (Å²) in [6.45, 7) is 5.37. The van der Waals surface area contributed by atoms with E-state index < -0.39 is 236 Å². The summed E-state index contributed by atoms with van der Waals surface area (Å²) in [5.41, 5.74) is -1.69. The Bertz CT molecular complexity index is 3300. The molecule has 12 amide bonds. The molecule has 8 rings (SSSR count). The van der Waals surface area contributed by atoms with Gasteiger partial charge in [0.05, 0.1) is 31.5 Å². The second-order valence-corrected chi connectivity index (χ2v) is 32.7. The molecule has 2 unspecified atom stereocenters. The lowest BCUT2D eigenvalue weighted by Gasteiger charge is -2.47. The van der Waals surface area contributed by atoms with Crippen LogP contribution in [0, 0.1) is 41.4 Å². The number of amides is 12. The summed E-state index contributed by atoms with van der Waals surface area (Å²) in [4.78, 5) is 193. The van der Waals surface area contributed by atoms with Crippen molar-refractivity contribution in [1.29, 1.82) is 0 Å². The SMILES string of the molecule is CCCN(C)C(=O)[C@@H]1CC(=O)N(C)[C@@H](C2CCC2)C(=O)N[C@@H]([C@@H](C)CC)C(=O)N(C)CC(=O)N(C)[C@H]2C/C=C\CCN(C2=O)[C@@H](CC2CCC(C(F)(F)F)CC2)C(=O)N(C)CC(=O)N[C@@H](CCC2CC(F)C(C(F)(F)F)C(F)C2)C(=O)N2C[C@H](OCC)C[C@H]2C(=O)NC2(CCC2)C(=O)N(C)[C@@H](C2CCCC2)C(=O)N1C. The third-order valence-corrected chi connectivity index (χ3v) is 25.2. The predicted molar refractivity (Wildman–Crippen MR) is 388 cm³/mol. The molecule has 12 atom stereocenters. The summed E-state index contributed by atoms with van der Waals surface area (Å²) in [5, 5.41) is 8.49. The van der Waals surface area contributed by atoms with E-state index >= 15 is 47.1 Å². The molecule has 620 valence electrons. The lowest BCUT2D eigenvalue weighted by molar-refractivity contribution is -0.219. The highest BCUT2D eigenvalue weighted by molar-refractivity contribution is 6.01. The molecule has 110 heavy (non-hydrogen) atoms. The summed E-state index contributed by atoms with van der Waals surface area (Å²) < 4.78 is 121. The van der Waals surface area contributed by atoms with Crippen molar-refractivity contribution in [3.05, 3.63) is 12.2 Å². The van der Waals surface area contributed by atoms with Crippen LogP contribution < -0.4 is 16.0 Å². The smallest absolute Gasteiger partial charge is 0.377 e. The van der Waals surface area contributed by atoms with Crippen LogP contribution in [0.15, 0.2) is 12.2 Å². The summed E-state index contributed by atoms with van der Waals surface area (Å²) in [5.74, 6) is -16.9. The van der Waals surface area contributed by atoms with Gasteiger partial charge in [0, 0.05) is 82.0 Å². The van der Waals surface area contributed by atoms with Gasteiger partial charge in [-0.2, -0.15) is 26.3 Å². The van der Waals surface area contributed by atoms with Gasteiger partial charge in [0.1, 0.15) is 72.1 Å². The Balaban J connectivity index is 1.21. The standard InChI is InChI=1S/C77H118F8N12O13/c1-12-35-89(5)69(104)57-41-60(99)94(10)64(48-24-20-25-48)67(102)87-63(45(4)13-2)72(107)91(7)44-61(100)92(8)55-26-16-15-19-36-96(71(55)106)58(39-46-27-30-50(31-28-46)76(80,81)82)70(105)90(6)43-59(98)86-54(32-29-47-37-52(78)62(53(79)38-47)77(83,84)85)68(103)97-42-51(110-14-3)40-56(97)66(101)88-75(33-21-34-75)74(109)95(11)65(73(108)93(57)9)49-22-17-18-23-49/h15-16,45-58,62-65H,12-14,17-44H2,1-11H3,(H,86,98)(H,87,102)(H,88,101)/b16-15-/t45-,46?,47?,50?,51+,52?,53?,54-,55-,56-,57-,58-,62?,63-,64-,65-/m0/s1. The van der Waals surface area contributed by atoms with Crippen molar-refractivity contribution in [2.24, 2.45) is 41.4 Å². The Morgan fingerprint density at radius 1 is 0.627 bits per heavy atom. The van der Waals surface area contributed by atoms with Gasteiger partial charge >= 0.3 is 12.4 Å². The van der Waals surface area contributed by atoms with Crippen LogP contribution in [0.25, 0.3) is 0 Å². The van der Waals surface area contributed by atoms with Crippen LogP contribution in [-0.2, 0) is 62.3 Å². The van der Waals surface area contributed by atoms with Crippen molar-refractivity contribution in [1.82, 2.24) is 60.0 Å². The monoisotopic (exact) mass is 1570 g/mol. The molecule has 3 heterocycles. The van der Waals surface area contributed by atoms with Crippen LogP contribution in [-0.4, -0.2) is 288 Å². The van der Waals surface area contributed by atoms with Gasteiger partial charge in [-0.25, -0.2) is 8.78 Å². The minimum Gasteiger partial charge on any atom is -0.377 e. The first-order chi connectivity index (χ1) is 51.8. The first-order valence-corrected chi connectivity index (χ1v) is 39.8. The zero-order valence-corrected chi connectivity index (χ0v) is 65.8. The number of carbonyl (C=O) groups excluding carboxylic acids is 12. The molecule has 2 saturated heterocycles. The number of nitrogens with one attached hydrogen (secondary N) is 3. The highest BCUT2D eigenvalue weighted by Gasteiger charge is 2.57. The second-order valence-electron chi connectivity index (χ2n) is 32.7. The van der Waals surface area contributed by atoms with Crippen LogP contribution in [0.4, 0.5) is 35.1 Å².